The van der Waals surface area contributed by atoms with Crippen molar-refractivity contribution in [3.63, 3.8) is 0 Å². The Hall–Kier alpha value is -2.04. The van der Waals surface area contributed by atoms with Crippen molar-refractivity contribution in [2.45, 2.75) is 110 Å². The van der Waals surface area contributed by atoms with E-state index in [1.54, 1.807) is 6.92 Å². The topological polar surface area (TPSA) is 49.9 Å². The molecule has 5 nitrogen and oxygen atoms in total. The maximum Gasteiger partial charge on any atom is 0.410 e. The summed E-state index contributed by atoms with van der Waals surface area (Å²) in [5, 5.41) is 0. The molecule has 31 heavy (non-hydrogen) atoms. The molecule has 0 bridgehead atoms. The molecule has 1 aromatic carbocycles. The summed E-state index contributed by atoms with van der Waals surface area (Å²) in [4.78, 5) is 29.2. The summed E-state index contributed by atoms with van der Waals surface area (Å²) in [6, 6.07) is 11.1. The van der Waals surface area contributed by atoms with Gasteiger partial charge >= 0.3 is 6.09 Å². The summed E-state index contributed by atoms with van der Waals surface area (Å²) < 4.78 is 5.69. The fourth-order valence-electron chi connectivity index (χ4n) is 5.30. The highest BCUT2D eigenvalue weighted by atomic mass is 16.6. The third-order valence-electron chi connectivity index (χ3n) is 6.85. The van der Waals surface area contributed by atoms with Gasteiger partial charge in [-0.2, -0.15) is 0 Å². The third-order valence-corrected chi connectivity index (χ3v) is 6.85. The van der Waals surface area contributed by atoms with Crippen molar-refractivity contribution in [3.8, 4) is 0 Å². The Balaban J connectivity index is 1.55. The highest BCUT2D eigenvalue weighted by molar-refractivity contribution is 5.73. The Morgan fingerprint density at radius 2 is 1.68 bits per heavy atom. The van der Waals surface area contributed by atoms with Gasteiger partial charge in [0.2, 0.25) is 5.91 Å². The monoisotopic (exact) mass is 428 g/mol. The van der Waals surface area contributed by atoms with Gasteiger partial charge in [0.25, 0.3) is 0 Å². The molecule has 1 heterocycles. The molecule has 2 fully saturated rings. The maximum absolute atomic E-state index is 12.8. The maximum atomic E-state index is 12.8. The molecule has 0 radical (unpaired) electrons. The van der Waals surface area contributed by atoms with Crippen LogP contribution in [0, 0.1) is 5.92 Å². The van der Waals surface area contributed by atoms with Gasteiger partial charge in [-0.3, -0.25) is 4.79 Å². The molecule has 5 heteroatoms. The number of benzene rings is 1. The number of carbonyl (C=O) groups excluding carboxylic acids is 2. The lowest BCUT2D eigenvalue weighted by Gasteiger charge is -2.38. The van der Waals surface area contributed by atoms with Crippen LogP contribution in [-0.2, 0) is 16.1 Å². The number of hydrogen-bond acceptors (Lipinski definition) is 3. The zero-order chi connectivity index (χ0) is 22.6. The minimum atomic E-state index is -0.461. The first-order valence-corrected chi connectivity index (χ1v) is 12.0. The predicted octanol–water partition coefficient (Wildman–Crippen LogP) is 5.77. The highest BCUT2D eigenvalue weighted by Crippen LogP contribution is 2.36. The van der Waals surface area contributed by atoms with E-state index in [1.807, 2.05) is 43.9 Å². The predicted molar refractivity (Wildman–Crippen MR) is 124 cm³/mol. The van der Waals surface area contributed by atoms with Gasteiger partial charge in [0.05, 0.1) is 0 Å². The van der Waals surface area contributed by atoms with Crippen molar-refractivity contribution in [3.05, 3.63) is 35.9 Å². The van der Waals surface area contributed by atoms with Crippen LogP contribution in [0.1, 0.15) is 85.1 Å². The average molecular weight is 429 g/mol. The minimum Gasteiger partial charge on any atom is -0.444 e. The van der Waals surface area contributed by atoms with E-state index in [9.17, 15) is 9.59 Å². The summed E-state index contributed by atoms with van der Waals surface area (Å²) in [5.41, 5.74) is 0.726. The van der Waals surface area contributed by atoms with Gasteiger partial charge in [-0.25, -0.2) is 4.79 Å². The first-order chi connectivity index (χ1) is 14.6. The molecule has 1 aliphatic carbocycles. The van der Waals surface area contributed by atoms with E-state index < -0.39 is 5.60 Å². The first-order valence-electron chi connectivity index (χ1n) is 12.0. The largest absolute Gasteiger partial charge is 0.444 e. The Bertz CT molecular complexity index is 735. The number of rotatable bonds is 5. The van der Waals surface area contributed by atoms with Crippen LogP contribution in [0.3, 0.4) is 0 Å². The zero-order valence-electron chi connectivity index (χ0n) is 20.0. The molecular formula is C26H40N2O3. The molecule has 2 amide bonds. The smallest absolute Gasteiger partial charge is 0.410 e. The lowest BCUT2D eigenvalue weighted by molar-refractivity contribution is -0.132. The average Bonchev–Trinajstić information content (AvgIpc) is 3.06. The van der Waals surface area contributed by atoms with Crippen molar-refractivity contribution in [1.82, 2.24) is 9.80 Å². The van der Waals surface area contributed by atoms with E-state index >= 15 is 0 Å². The normalized spacial score (nSPS) is 26.5. The molecule has 172 valence electrons. The van der Waals surface area contributed by atoms with Gasteiger partial charge in [0.1, 0.15) is 5.60 Å². The summed E-state index contributed by atoms with van der Waals surface area (Å²) in [7, 11) is 0. The second-order valence-electron chi connectivity index (χ2n) is 10.5. The molecule has 1 saturated heterocycles. The van der Waals surface area contributed by atoms with Crippen LogP contribution in [0.2, 0.25) is 0 Å². The van der Waals surface area contributed by atoms with E-state index in [1.165, 1.54) is 5.56 Å². The molecule has 1 aromatic rings. The van der Waals surface area contributed by atoms with Gasteiger partial charge in [-0.1, -0.05) is 30.3 Å². The van der Waals surface area contributed by atoms with Crippen molar-refractivity contribution in [2.24, 2.45) is 5.92 Å². The summed E-state index contributed by atoms with van der Waals surface area (Å²) in [6.45, 7) is 10.3. The van der Waals surface area contributed by atoms with Gasteiger partial charge in [0.15, 0.2) is 0 Å². The minimum absolute atomic E-state index is 0.160. The Kier molecular flexibility index (Phi) is 7.66. The van der Waals surface area contributed by atoms with Crippen LogP contribution in [0.25, 0.3) is 0 Å². The lowest BCUT2D eigenvalue weighted by atomic mass is 9.81. The molecule has 0 spiro atoms. The second kappa shape index (κ2) is 10.1. The molecule has 2 aliphatic rings. The molecule has 1 aliphatic heterocycles. The number of amides is 2. The molecule has 2 atom stereocenters. The first kappa shape index (κ1) is 23.6. The molecule has 1 saturated carbocycles. The van der Waals surface area contributed by atoms with Crippen molar-refractivity contribution in [1.29, 1.82) is 0 Å². The molecule has 0 N–H and O–H groups in total. The lowest BCUT2D eigenvalue weighted by Crippen LogP contribution is -2.44. The number of likely N-dealkylation sites (tertiary alicyclic amines) is 1. The van der Waals surface area contributed by atoms with Crippen molar-refractivity contribution in [2.75, 3.05) is 0 Å². The highest BCUT2D eigenvalue weighted by Gasteiger charge is 2.39. The standard InChI is InChI=1S/C26H40N2O3/c1-19-11-14-24(28(19)25(30)31-26(3,4)5)17-21-12-15-23(16-13-21)27(20(2)29)18-22-9-7-6-8-10-22/h6-10,19,21,23-24H,11-18H2,1-5H3/t19-,21?,23?,24-/m0/s1. The van der Waals surface area contributed by atoms with Crippen molar-refractivity contribution >= 4 is 12.0 Å². The van der Waals surface area contributed by atoms with E-state index in [0.29, 0.717) is 18.5 Å². The Morgan fingerprint density at radius 3 is 2.26 bits per heavy atom. The van der Waals surface area contributed by atoms with E-state index in [4.69, 9.17) is 4.74 Å². The summed E-state index contributed by atoms with van der Waals surface area (Å²) >= 11 is 0. The number of hydrogen-bond donors (Lipinski definition) is 0. The molecular weight excluding hydrogens is 388 g/mol. The molecule has 0 aromatic heterocycles. The summed E-state index contributed by atoms with van der Waals surface area (Å²) in [5.74, 6) is 0.773. The van der Waals surface area contributed by atoms with Gasteiger partial charge in [-0.15, -0.1) is 0 Å². The van der Waals surface area contributed by atoms with Crippen LogP contribution in [0.15, 0.2) is 30.3 Å². The third kappa shape index (κ3) is 6.47. The molecule has 0 unspecified atom stereocenters. The Morgan fingerprint density at radius 1 is 1.03 bits per heavy atom. The van der Waals surface area contributed by atoms with Crippen LogP contribution < -0.4 is 0 Å². The van der Waals surface area contributed by atoms with Gasteiger partial charge in [-0.05, 0) is 84.1 Å². The van der Waals surface area contributed by atoms with Crippen LogP contribution >= 0.6 is 0 Å². The second-order valence-corrected chi connectivity index (χ2v) is 10.5. The van der Waals surface area contributed by atoms with Crippen LogP contribution in [-0.4, -0.2) is 45.5 Å². The van der Waals surface area contributed by atoms with Crippen LogP contribution in [0.4, 0.5) is 4.79 Å². The van der Waals surface area contributed by atoms with E-state index in [-0.39, 0.29) is 24.1 Å². The Labute approximate surface area is 188 Å². The fourth-order valence-corrected chi connectivity index (χ4v) is 5.30. The van der Waals surface area contributed by atoms with Crippen molar-refractivity contribution < 1.29 is 14.3 Å². The summed E-state index contributed by atoms with van der Waals surface area (Å²) in [6.07, 6.45) is 7.34. The van der Waals surface area contributed by atoms with Crippen LogP contribution in [0.5, 0.6) is 0 Å². The number of nitrogens with zero attached hydrogens (tertiary/aromatic N) is 2. The zero-order valence-corrected chi connectivity index (χ0v) is 20.0. The van der Waals surface area contributed by atoms with Gasteiger partial charge < -0.3 is 14.5 Å². The fraction of sp³-hybridized carbons (Fsp3) is 0.692. The van der Waals surface area contributed by atoms with E-state index in [2.05, 4.69) is 24.0 Å². The quantitative estimate of drug-likeness (QED) is 0.598. The number of ether oxygens (including phenoxy) is 1. The van der Waals surface area contributed by atoms with Gasteiger partial charge in [0, 0.05) is 31.6 Å². The van der Waals surface area contributed by atoms with E-state index in [0.717, 1.165) is 44.9 Å². The SMILES string of the molecule is CC(=O)N(Cc1ccccc1)C1CCC(C[C@@H]2CC[C@H](C)N2C(=O)OC(C)(C)C)CC1. The molecule has 3 rings (SSSR count). The number of carbonyl (C=O) groups is 2.